The van der Waals surface area contributed by atoms with Crippen molar-refractivity contribution in [3.63, 3.8) is 0 Å². The van der Waals surface area contributed by atoms with Gasteiger partial charge in [0, 0.05) is 25.1 Å². The van der Waals surface area contributed by atoms with E-state index < -0.39 is 5.97 Å². The summed E-state index contributed by atoms with van der Waals surface area (Å²) < 4.78 is 9.72. The standard InChI is InChI=1S/C21H27NO6/c1-14-4-5-17(12-15(14)2)18(23)6-7-20(25)28-13-19(24)22-10-8-16(9-11-22)21(26)27-3/h4-5,12,16H,6-11,13H2,1-3H3. The Morgan fingerprint density at radius 2 is 1.71 bits per heavy atom. The van der Waals surface area contributed by atoms with Crippen molar-refractivity contribution in [1.29, 1.82) is 0 Å². The molecule has 1 aromatic rings. The molecule has 0 radical (unpaired) electrons. The molecule has 1 fully saturated rings. The molecule has 1 aromatic carbocycles. The van der Waals surface area contributed by atoms with Crippen molar-refractivity contribution in [2.24, 2.45) is 5.92 Å². The van der Waals surface area contributed by atoms with Crippen LogP contribution in [0.15, 0.2) is 18.2 Å². The van der Waals surface area contributed by atoms with Crippen LogP contribution in [0.25, 0.3) is 0 Å². The molecular formula is C21H27NO6. The highest BCUT2D eigenvalue weighted by Gasteiger charge is 2.28. The molecule has 28 heavy (non-hydrogen) atoms. The highest BCUT2D eigenvalue weighted by molar-refractivity contribution is 5.97. The van der Waals surface area contributed by atoms with Crippen LogP contribution in [0.4, 0.5) is 0 Å². The summed E-state index contributed by atoms with van der Waals surface area (Å²) >= 11 is 0. The van der Waals surface area contributed by atoms with Crippen LogP contribution in [-0.2, 0) is 23.9 Å². The number of piperidine rings is 1. The lowest BCUT2D eigenvalue weighted by Crippen LogP contribution is -2.42. The predicted octanol–water partition coefficient (Wildman–Crippen LogP) is 2.22. The van der Waals surface area contributed by atoms with Crippen molar-refractivity contribution in [1.82, 2.24) is 4.90 Å². The van der Waals surface area contributed by atoms with E-state index in [4.69, 9.17) is 9.47 Å². The minimum Gasteiger partial charge on any atom is -0.469 e. The number of hydrogen-bond donors (Lipinski definition) is 0. The van der Waals surface area contributed by atoms with Gasteiger partial charge in [-0.3, -0.25) is 19.2 Å². The molecular weight excluding hydrogens is 362 g/mol. The summed E-state index contributed by atoms with van der Waals surface area (Å²) in [6.45, 7) is 4.41. The number of ether oxygens (including phenoxy) is 2. The Kier molecular flexibility index (Phi) is 7.72. The first-order chi connectivity index (χ1) is 13.3. The van der Waals surface area contributed by atoms with Gasteiger partial charge in [0.2, 0.25) is 0 Å². The Labute approximate surface area is 165 Å². The second-order valence-electron chi connectivity index (χ2n) is 7.06. The third-order valence-corrected chi connectivity index (χ3v) is 5.12. The Bertz CT molecular complexity index is 749. The minimum atomic E-state index is -0.574. The lowest BCUT2D eigenvalue weighted by atomic mass is 9.97. The van der Waals surface area contributed by atoms with E-state index in [-0.39, 0.29) is 43.0 Å². The number of carbonyl (C=O) groups excluding carboxylic acids is 4. The van der Waals surface area contributed by atoms with Gasteiger partial charge < -0.3 is 14.4 Å². The monoisotopic (exact) mass is 389 g/mol. The molecule has 0 spiro atoms. The van der Waals surface area contributed by atoms with Gasteiger partial charge in [-0.05, 0) is 43.9 Å². The van der Waals surface area contributed by atoms with E-state index in [1.807, 2.05) is 26.0 Å². The van der Waals surface area contributed by atoms with Gasteiger partial charge in [0.15, 0.2) is 12.4 Å². The molecule has 1 aliphatic heterocycles. The number of aryl methyl sites for hydroxylation is 2. The number of benzene rings is 1. The van der Waals surface area contributed by atoms with E-state index in [0.717, 1.165) is 11.1 Å². The largest absolute Gasteiger partial charge is 0.469 e. The van der Waals surface area contributed by atoms with Gasteiger partial charge in [-0.25, -0.2) is 0 Å². The number of hydrogen-bond acceptors (Lipinski definition) is 6. The average molecular weight is 389 g/mol. The molecule has 0 saturated carbocycles. The van der Waals surface area contributed by atoms with Gasteiger partial charge in [0.1, 0.15) is 0 Å². The maximum absolute atomic E-state index is 12.2. The Hall–Kier alpha value is -2.70. The molecule has 1 saturated heterocycles. The molecule has 7 nitrogen and oxygen atoms in total. The van der Waals surface area contributed by atoms with E-state index in [2.05, 4.69) is 0 Å². The fourth-order valence-electron chi connectivity index (χ4n) is 3.11. The number of rotatable bonds is 7. The molecule has 7 heteroatoms. The minimum absolute atomic E-state index is 0.0417. The van der Waals surface area contributed by atoms with Crippen molar-refractivity contribution in [2.45, 2.75) is 39.5 Å². The van der Waals surface area contributed by atoms with Crippen LogP contribution in [0, 0.1) is 19.8 Å². The van der Waals surface area contributed by atoms with Gasteiger partial charge in [-0.1, -0.05) is 12.1 Å². The summed E-state index contributed by atoms with van der Waals surface area (Å²) in [7, 11) is 1.35. The quantitative estimate of drug-likeness (QED) is 0.525. The van der Waals surface area contributed by atoms with Gasteiger partial charge >= 0.3 is 11.9 Å². The van der Waals surface area contributed by atoms with E-state index >= 15 is 0 Å². The lowest BCUT2D eigenvalue weighted by molar-refractivity contribution is -0.154. The smallest absolute Gasteiger partial charge is 0.308 e. The Morgan fingerprint density at radius 1 is 1.04 bits per heavy atom. The molecule has 0 unspecified atom stereocenters. The molecule has 1 aliphatic rings. The van der Waals surface area contributed by atoms with Crippen LogP contribution in [-0.4, -0.2) is 55.3 Å². The van der Waals surface area contributed by atoms with Crippen molar-refractivity contribution in [3.8, 4) is 0 Å². The van der Waals surface area contributed by atoms with Crippen LogP contribution in [0.2, 0.25) is 0 Å². The Morgan fingerprint density at radius 3 is 2.32 bits per heavy atom. The fraction of sp³-hybridized carbons (Fsp3) is 0.524. The molecule has 0 N–H and O–H groups in total. The molecule has 152 valence electrons. The number of methoxy groups -OCH3 is 1. The van der Waals surface area contributed by atoms with E-state index in [1.165, 1.54) is 7.11 Å². The maximum atomic E-state index is 12.2. The zero-order valence-electron chi connectivity index (χ0n) is 16.7. The summed E-state index contributed by atoms with van der Waals surface area (Å²) in [6.07, 6.45) is 1.05. The number of amides is 1. The summed E-state index contributed by atoms with van der Waals surface area (Å²) in [5.74, 6) is -1.44. The summed E-state index contributed by atoms with van der Waals surface area (Å²) in [5.41, 5.74) is 2.69. The maximum Gasteiger partial charge on any atom is 0.308 e. The van der Waals surface area contributed by atoms with Crippen molar-refractivity contribution in [2.75, 3.05) is 26.8 Å². The summed E-state index contributed by atoms with van der Waals surface area (Å²) in [4.78, 5) is 49.3. The van der Waals surface area contributed by atoms with Crippen LogP contribution in [0.3, 0.4) is 0 Å². The molecule has 0 bridgehead atoms. The first-order valence-electron chi connectivity index (χ1n) is 9.43. The lowest BCUT2D eigenvalue weighted by Gasteiger charge is -2.30. The highest BCUT2D eigenvalue weighted by Crippen LogP contribution is 2.18. The fourth-order valence-corrected chi connectivity index (χ4v) is 3.11. The second kappa shape index (κ2) is 10.0. The van der Waals surface area contributed by atoms with Crippen molar-refractivity contribution >= 4 is 23.6 Å². The molecule has 1 heterocycles. The molecule has 0 aromatic heterocycles. The summed E-state index contributed by atoms with van der Waals surface area (Å²) in [6, 6.07) is 5.44. The molecule has 1 amide bonds. The predicted molar refractivity (Wildman–Crippen MR) is 102 cm³/mol. The van der Waals surface area contributed by atoms with Gasteiger partial charge in [-0.2, -0.15) is 0 Å². The zero-order chi connectivity index (χ0) is 20.7. The first kappa shape index (κ1) is 21.6. The third kappa shape index (κ3) is 5.90. The van der Waals surface area contributed by atoms with Gasteiger partial charge in [0.05, 0.1) is 19.4 Å². The number of nitrogens with zero attached hydrogens (tertiary/aromatic N) is 1. The number of esters is 2. The van der Waals surface area contributed by atoms with Crippen molar-refractivity contribution < 1.29 is 28.7 Å². The normalized spacial score (nSPS) is 14.5. The van der Waals surface area contributed by atoms with Crippen LogP contribution in [0.1, 0.15) is 47.2 Å². The number of ketones is 1. The molecule has 0 aliphatic carbocycles. The molecule has 2 rings (SSSR count). The van der Waals surface area contributed by atoms with E-state index in [9.17, 15) is 19.2 Å². The van der Waals surface area contributed by atoms with E-state index in [1.54, 1.807) is 11.0 Å². The highest BCUT2D eigenvalue weighted by atomic mass is 16.5. The van der Waals surface area contributed by atoms with Gasteiger partial charge in [0.25, 0.3) is 5.91 Å². The zero-order valence-corrected chi connectivity index (χ0v) is 16.7. The van der Waals surface area contributed by atoms with Crippen LogP contribution < -0.4 is 0 Å². The van der Waals surface area contributed by atoms with Crippen LogP contribution >= 0.6 is 0 Å². The average Bonchev–Trinajstić information content (AvgIpc) is 2.71. The van der Waals surface area contributed by atoms with E-state index in [0.29, 0.717) is 31.5 Å². The molecule has 0 atom stereocenters. The SMILES string of the molecule is COC(=O)C1CCN(C(=O)COC(=O)CCC(=O)c2ccc(C)c(C)c2)CC1. The van der Waals surface area contributed by atoms with Crippen molar-refractivity contribution in [3.05, 3.63) is 34.9 Å². The first-order valence-corrected chi connectivity index (χ1v) is 9.43. The van der Waals surface area contributed by atoms with Gasteiger partial charge in [-0.15, -0.1) is 0 Å². The number of Topliss-reactive ketones (excluding diaryl/α,β-unsaturated/α-hetero) is 1. The Balaban J connectivity index is 1.70. The number of likely N-dealkylation sites (tertiary alicyclic amines) is 1. The third-order valence-electron chi connectivity index (χ3n) is 5.12. The van der Waals surface area contributed by atoms with Crippen LogP contribution in [0.5, 0.6) is 0 Å². The second-order valence-corrected chi connectivity index (χ2v) is 7.06. The topological polar surface area (TPSA) is 90.0 Å². The number of carbonyl (C=O) groups is 4. The summed E-state index contributed by atoms with van der Waals surface area (Å²) in [5, 5.41) is 0.